The SMILES string of the molecule is CCn1cnnc1CCNC(=O)c1ccccc1S(=O)(=O)N(C)c1ccccc1. The van der Waals surface area contributed by atoms with E-state index in [9.17, 15) is 13.2 Å². The third-order valence-corrected chi connectivity index (χ3v) is 6.40. The molecule has 2 aromatic carbocycles. The molecule has 0 aliphatic rings. The lowest BCUT2D eigenvalue weighted by atomic mass is 10.2. The molecule has 29 heavy (non-hydrogen) atoms. The summed E-state index contributed by atoms with van der Waals surface area (Å²) in [4.78, 5) is 12.7. The van der Waals surface area contributed by atoms with Crippen LogP contribution in [0.25, 0.3) is 0 Å². The molecule has 152 valence electrons. The third kappa shape index (κ3) is 4.45. The van der Waals surface area contributed by atoms with Crippen LogP contribution in [0.1, 0.15) is 23.1 Å². The van der Waals surface area contributed by atoms with Crippen molar-refractivity contribution >= 4 is 21.6 Å². The largest absolute Gasteiger partial charge is 0.352 e. The normalized spacial score (nSPS) is 11.2. The van der Waals surface area contributed by atoms with Crippen LogP contribution >= 0.6 is 0 Å². The van der Waals surface area contributed by atoms with Gasteiger partial charge in [-0.25, -0.2) is 8.42 Å². The first-order valence-electron chi connectivity index (χ1n) is 9.23. The molecule has 0 saturated heterocycles. The van der Waals surface area contributed by atoms with Gasteiger partial charge >= 0.3 is 0 Å². The van der Waals surface area contributed by atoms with E-state index >= 15 is 0 Å². The molecule has 1 N–H and O–H groups in total. The molecule has 0 aliphatic heterocycles. The summed E-state index contributed by atoms with van der Waals surface area (Å²) < 4.78 is 29.3. The second kappa shape index (κ2) is 8.87. The fourth-order valence-corrected chi connectivity index (χ4v) is 4.31. The molecule has 0 unspecified atom stereocenters. The van der Waals surface area contributed by atoms with Gasteiger partial charge in [-0.15, -0.1) is 10.2 Å². The molecule has 9 heteroatoms. The highest BCUT2D eigenvalue weighted by Gasteiger charge is 2.26. The maximum atomic E-state index is 13.1. The monoisotopic (exact) mass is 413 g/mol. The van der Waals surface area contributed by atoms with E-state index in [4.69, 9.17) is 0 Å². The Kier molecular flexibility index (Phi) is 6.28. The number of para-hydroxylation sites is 1. The number of benzene rings is 2. The quantitative estimate of drug-likeness (QED) is 0.610. The molecule has 0 bridgehead atoms. The van der Waals surface area contributed by atoms with Crippen molar-refractivity contribution in [2.75, 3.05) is 17.9 Å². The van der Waals surface area contributed by atoms with E-state index in [1.165, 1.54) is 23.5 Å². The summed E-state index contributed by atoms with van der Waals surface area (Å²) in [6.45, 7) is 3.04. The van der Waals surface area contributed by atoms with Crippen LogP contribution in [0.15, 0.2) is 65.8 Å². The van der Waals surface area contributed by atoms with Gasteiger partial charge in [0.1, 0.15) is 17.0 Å². The highest BCUT2D eigenvalue weighted by atomic mass is 32.2. The highest BCUT2D eigenvalue weighted by molar-refractivity contribution is 7.92. The Bertz CT molecular complexity index is 1080. The van der Waals surface area contributed by atoms with E-state index in [1.807, 2.05) is 17.6 Å². The first kappa shape index (κ1) is 20.5. The molecule has 0 fully saturated rings. The van der Waals surface area contributed by atoms with Gasteiger partial charge < -0.3 is 9.88 Å². The van der Waals surface area contributed by atoms with Crippen LogP contribution < -0.4 is 9.62 Å². The summed E-state index contributed by atoms with van der Waals surface area (Å²) >= 11 is 0. The summed E-state index contributed by atoms with van der Waals surface area (Å²) in [6, 6.07) is 14.9. The number of hydrogen-bond acceptors (Lipinski definition) is 5. The van der Waals surface area contributed by atoms with Crippen LogP contribution in [-0.2, 0) is 23.0 Å². The van der Waals surface area contributed by atoms with E-state index < -0.39 is 15.9 Å². The van der Waals surface area contributed by atoms with Gasteiger partial charge in [0, 0.05) is 26.6 Å². The van der Waals surface area contributed by atoms with Gasteiger partial charge in [-0.1, -0.05) is 30.3 Å². The van der Waals surface area contributed by atoms with Crippen LogP contribution in [0.5, 0.6) is 0 Å². The second-order valence-corrected chi connectivity index (χ2v) is 8.28. The zero-order valence-corrected chi connectivity index (χ0v) is 17.1. The van der Waals surface area contributed by atoms with E-state index in [1.54, 1.807) is 42.7 Å². The number of carbonyl (C=O) groups excluding carboxylic acids is 1. The smallest absolute Gasteiger partial charge is 0.264 e. The number of nitrogens with one attached hydrogen (secondary N) is 1. The number of nitrogens with zero attached hydrogens (tertiary/aromatic N) is 4. The molecule has 1 amide bonds. The fourth-order valence-electron chi connectivity index (χ4n) is 2.92. The van der Waals surface area contributed by atoms with Crippen LogP contribution in [0.2, 0.25) is 0 Å². The Morgan fingerprint density at radius 3 is 2.52 bits per heavy atom. The molecule has 1 aromatic heterocycles. The maximum Gasteiger partial charge on any atom is 0.264 e. The number of hydrogen-bond donors (Lipinski definition) is 1. The number of carbonyl (C=O) groups is 1. The number of rotatable bonds is 8. The van der Waals surface area contributed by atoms with Crippen LogP contribution in [-0.4, -0.2) is 42.7 Å². The molecule has 8 nitrogen and oxygen atoms in total. The molecule has 3 rings (SSSR count). The molecule has 3 aromatic rings. The molecule has 1 heterocycles. The van der Waals surface area contributed by atoms with Crippen molar-refractivity contribution in [3.05, 3.63) is 72.3 Å². The molecule has 0 spiro atoms. The molecule has 0 saturated carbocycles. The Labute approximate surface area is 170 Å². The Morgan fingerprint density at radius 1 is 1.10 bits per heavy atom. The van der Waals surface area contributed by atoms with Crippen molar-refractivity contribution in [2.24, 2.45) is 0 Å². The first-order chi connectivity index (χ1) is 13.9. The molecule has 0 aliphatic carbocycles. The zero-order valence-electron chi connectivity index (χ0n) is 16.3. The minimum absolute atomic E-state index is 0.0411. The number of aromatic nitrogens is 3. The summed E-state index contributed by atoms with van der Waals surface area (Å²) in [5, 5.41) is 10.7. The van der Waals surface area contributed by atoms with Crippen molar-refractivity contribution in [2.45, 2.75) is 24.8 Å². The molecular weight excluding hydrogens is 390 g/mol. The minimum Gasteiger partial charge on any atom is -0.352 e. The van der Waals surface area contributed by atoms with E-state index in [2.05, 4.69) is 15.5 Å². The van der Waals surface area contributed by atoms with Crippen LogP contribution in [0.4, 0.5) is 5.69 Å². The minimum atomic E-state index is -3.90. The Balaban J connectivity index is 1.78. The van der Waals surface area contributed by atoms with Gasteiger partial charge in [-0.05, 0) is 31.2 Å². The molecular formula is C20H23N5O3S. The number of anilines is 1. The molecule has 0 radical (unpaired) electrons. The van der Waals surface area contributed by atoms with E-state index in [-0.39, 0.29) is 10.5 Å². The van der Waals surface area contributed by atoms with Crippen molar-refractivity contribution in [3.63, 3.8) is 0 Å². The zero-order chi connectivity index (χ0) is 20.9. The van der Waals surface area contributed by atoms with Crippen LogP contribution in [0.3, 0.4) is 0 Å². The lowest BCUT2D eigenvalue weighted by Crippen LogP contribution is -2.31. The maximum absolute atomic E-state index is 13.1. The van der Waals surface area contributed by atoms with Crippen LogP contribution in [0, 0.1) is 0 Å². The van der Waals surface area contributed by atoms with Gasteiger partial charge in [-0.2, -0.15) is 0 Å². The lowest BCUT2D eigenvalue weighted by Gasteiger charge is -2.21. The summed E-state index contributed by atoms with van der Waals surface area (Å²) in [6.07, 6.45) is 2.14. The van der Waals surface area contributed by atoms with Gasteiger partial charge in [0.2, 0.25) is 0 Å². The summed E-state index contributed by atoms with van der Waals surface area (Å²) in [7, 11) is -2.43. The van der Waals surface area contributed by atoms with Crippen molar-refractivity contribution < 1.29 is 13.2 Å². The van der Waals surface area contributed by atoms with Crippen molar-refractivity contribution in [1.82, 2.24) is 20.1 Å². The van der Waals surface area contributed by atoms with E-state index in [0.717, 1.165) is 12.4 Å². The Morgan fingerprint density at radius 2 is 1.79 bits per heavy atom. The molecule has 0 atom stereocenters. The predicted octanol–water partition coefficient (Wildman–Crippen LogP) is 2.10. The topological polar surface area (TPSA) is 97.2 Å². The first-order valence-corrected chi connectivity index (χ1v) is 10.7. The van der Waals surface area contributed by atoms with Gasteiger partial charge in [0.15, 0.2) is 0 Å². The number of aryl methyl sites for hydroxylation is 1. The third-order valence-electron chi connectivity index (χ3n) is 4.56. The Hall–Kier alpha value is -3.20. The van der Waals surface area contributed by atoms with Gasteiger partial charge in [0.05, 0.1) is 11.3 Å². The van der Waals surface area contributed by atoms with Crippen molar-refractivity contribution in [1.29, 1.82) is 0 Å². The van der Waals surface area contributed by atoms with Gasteiger partial charge in [0.25, 0.3) is 15.9 Å². The standard InChI is InChI=1S/C20H23N5O3S/c1-3-25-15-22-23-19(25)13-14-21-20(26)17-11-7-8-12-18(17)29(27,28)24(2)16-9-5-4-6-10-16/h4-12,15H,3,13-14H2,1-2H3,(H,21,26). The summed E-state index contributed by atoms with van der Waals surface area (Å²) in [5.41, 5.74) is 0.619. The number of sulfonamides is 1. The van der Waals surface area contributed by atoms with Gasteiger partial charge in [-0.3, -0.25) is 9.10 Å². The predicted molar refractivity (Wildman–Crippen MR) is 110 cm³/mol. The highest BCUT2D eigenvalue weighted by Crippen LogP contribution is 2.24. The summed E-state index contributed by atoms with van der Waals surface area (Å²) in [5.74, 6) is 0.311. The average molecular weight is 414 g/mol. The van der Waals surface area contributed by atoms with Crippen molar-refractivity contribution in [3.8, 4) is 0 Å². The fraction of sp³-hybridized carbons (Fsp3) is 0.250. The lowest BCUT2D eigenvalue weighted by molar-refractivity contribution is 0.0950. The average Bonchev–Trinajstić information content (AvgIpc) is 3.21. The second-order valence-electron chi connectivity index (χ2n) is 6.34. The van der Waals surface area contributed by atoms with E-state index in [0.29, 0.717) is 18.7 Å². The number of amides is 1.